The van der Waals surface area contributed by atoms with Crippen LogP contribution in [0.2, 0.25) is 5.02 Å². The number of hydrogen-bond acceptors (Lipinski definition) is 4. The molecular weight excluding hydrogens is 428 g/mol. The van der Waals surface area contributed by atoms with E-state index in [4.69, 9.17) is 16.3 Å². The Labute approximate surface area is 181 Å². The summed E-state index contributed by atoms with van der Waals surface area (Å²) in [6.45, 7) is 3.15. The normalized spacial score (nSPS) is 19.1. The van der Waals surface area contributed by atoms with E-state index in [0.29, 0.717) is 17.7 Å². The zero-order chi connectivity index (χ0) is 18.7. The van der Waals surface area contributed by atoms with E-state index >= 15 is 0 Å². The number of carbonyl (C=O) groups is 1. The Bertz CT molecular complexity index is 810. The van der Waals surface area contributed by atoms with E-state index < -0.39 is 11.7 Å². The third-order valence-electron chi connectivity index (χ3n) is 4.59. The van der Waals surface area contributed by atoms with Crippen LogP contribution in [0.4, 0.5) is 10.2 Å². The molecule has 1 amide bonds. The predicted molar refractivity (Wildman–Crippen MR) is 114 cm³/mol. The molecule has 154 valence electrons. The molecule has 1 N–H and O–H groups in total. The standard InChI is InChI=1S/C19H21ClFN3O2.2ClH/c1-12-10-14(8-9-24(12)2)26-18-5-3-4-17(22-18)23-19(25)15-7-6-13(21)11-16(15)20;;/h3-7,11-12,14H,8-10H2,1-2H3,(H,22,23,25);2*1H. The summed E-state index contributed by atoms with van der Waals surface area (Å²) in [7, 11) is 2.11. The number of nitrogens with one attached hydrogen (secondary N) is 1. The van der Waals surface area contributed by atoms with Crippen molar-refractivity contribution in [2.45, 2.75) is 31.9 Å². The summed E-state index contributed by atoms with van der Waals surface area (Å²) in [6.07, 6.45) is 1.97. The van der Waals surface area contributed by atoms with Crippen LogP contribution in [-0.2, 0) is 0 Å². The van der Waals surface area contributed by atoms with Gasteiger partial charge in [0.1, 0.15) is 17.7 Å². The topological polar surface area (TPSA) is 54.5 Å². The van der Waals surface area contributed by atoms with Gasteiger partial charge in [0.15, 0.2) is 0 Å². The van der Waals surface area contributed by atoms with Crippen LogP contribution in [0.1, 0.15) is 30.1 Å². The fourth-order valence-electron chi connectivity index (χ4n) is 2.93. The van der Waals surface area contributed by atoms with Gasteiger partial charge in [-0.15, -0.1) is 24.8 Å². The highest BCUT2D eigenvalue weighted by Crippen LogP contribution is 2.22. The highest BCUT2D eigenvalue weighted by molar-refractivity contribution is 6.34. The van der Waals surface area contributed by atoms with Crippen molar-refractivity contribution < 1.29 is 13.9 Å². The van der Waals surface area contributed by atoms with E-state index in [0.717, 1.165) is 25.5 Å². The molecule has 9 heteroatoms. The maximum Gasteiger partial charge on any atom is 0.258 e. The number of rotatable bonds is 4. The van der Waals surface area contributed by atoms with Crippen LogP contribution in [0.15, 0.2) is 36.4 Å². The highest BCUT2D eigenvalue weighted by Gasteiger charge is 2.24. The Hall–Kier alpha value is -1.60. The molecule has 1 aliphatic rings. The van der Waals surface area contributed by atoms with Crippen LogP contribution in [-0.4, -0.2) is 41.5 Å². The fraction of sp³-hybridized carbons (Fsp3) is 0.368. The summed E-state index contributed by atoms with van der Waals surface area (Å²) in [5, 5.41) is 2.72. The lowest BCUT2D eigenvalue weighted by Gasteiger charge is -2.34. The molecule has 1 aromatic heterocycles. The molecule has 0 spiro atoms. The summed E-state index contributed by atoms with van der Waals surface area (Å²) in [5.74, 6) is -0.122. The third kappa shape index (κ3) is 6.21. The molecule has 28 heavy (non-hydrogen) atoms. The van der Waals surface area contributed by atoms with E-state index in [1.54, 1.807) is 18.2 Å². The maximum absolute atomic E-state index is 13.1. The smallest absolute Gasteiger partial charge is 0.258 e. The summed E-state index contributed by atoms with van der Waals surface area (Å²) < 4.78 is 19.1. The van der Waals surface area contributed by atoms with Crippen molar-refractivity contribution in [2.75, 3.05) is 18.9 Å². The van der Waals surface area contributed by atoms with Gasteiger partial charge in [-0.3, -0.25) is 4.79 Å². The number of amides is 1. The number of halogens is 4. The molecule has 0 bridgehead atoms. The van der Waals surface area contributed by atoms with Gasteiger partial charge >= 0.3 is 0 Å². The minimum absolute atomic E-state index is 0. The van der Waals surface area contributed by atoms with Crippen molar-refractivity contribution in [3.8, 4) is 5.88 Å². The molecule has 0 aliphatic carbocycles. The number of benzene rings is 1. The van der Waals surface area contributed by atoms with Gasteiger partial charge in [0.25, 0.3) is 5.91 Å². The summed E-state index contributed by atoms with van der Waals surface area (Å²) in [5.41, 5.74) is 0.185. The first-order valence-corrected chi connectivity index (χ1v) is 8.90. The first-order valence-electron chi connectivity index (χ1n) is 8.52. The molecule has 1 aliphatic heterocycles. The van der Waals surface area contributed by atoms with E-state index in [-0.39, 0.29) is 41.5 Å². The number of aromatic nitrogens is 1. The van der Waals surface area contributed by atoms with Gasteiger partial charge in [0.05, 0.1) is 10.6 Å². The predicted octanol–water partition coefficient (Wildman–Crippen LogP) is 4.83. The van der Waals surface area contributed by atoms with E-state index in [9.17, 15) is 9.18 Å². The van der Waals surface area contributed by atoms with Crippen LogP contribution in [0.25, 0.3) is 0 Å². The molecule has 3 rings (SSSR count). The molecule has 2 unspecified atom stereocenters. The summed E-state index contributed by atoms with van der Waals surface area (Å²) >= 11 is 5.93. The number of pyridine rings is 1. The Morgan fingerprint density at radius 3 is 2.75 bits per heavy atom. The third-order valence-corrected chi connectivity index (χ3v) is 4.90. The van der Waals surface area contributed by atoms with Crippen molar-refractivity contribution in [3.63, 3.8) is 0 Å². The molecule has 0 saturated carbocycles. The Kier molecular flexibility index (Phi) is 9.44. The SMILES string of the molecule is CC1CC(Oc2cccc(NC(=O)c3ccc(F)cc3Cl)n2)CCN1C.Cl.Cl. The van der Waals surface area contributed by atoms with Crippen LogP contribution < -0.4 is 10.1 Å². The first kappa shape index (κ1) is 24.4. The average molecular weight is 451 g/mol. The van der Waals surface area contributed by atoms with E-state index in [2.05, 4.69) is 29.2 Å². The quantitative estimate of drug-likeness (QED) is 0.725. The van der Waals surface area contributed by atoms with Crippen molar-refractivity contribution in [2.24, 2.45) is 0 Å². The van der Waals surface area contributed by atoms with Crippen LogP contribution >= 0.6 is 36.4 Å². The second-order valence-corrected chi connectivity index (χ2v) is 6.94. The number of ether oxygens (including phenoxy) is 1. The largest absolute Gasteiger partial charge is 0.474 e. The molecule has 1 aromatic carbocycles. The van der Waals surface area contributed by atoms with Crippen LogP contribution in [0.3, 0.4) is 0 Å². The Morgan fingerprint density at radius 1 is 1.32 bits per heavy atom. The maximum atomic E-state index is 13.1. The molecule has 1 saturated heterocycles. The first-order chi connectivity index (χ1) is 12.4. The number of hydrogen-bond donors (Lipinski definition) is 1. The molecule has 2 aromatic rings. The second kappa shape index (κ2) is 10.8. The fourth-order valence-corrected chi connectivity index (χ4v) is 3.18. The van der Waals surface area contributed by atoms with Gasteiger partial charge in [0.2, 0.25) is 5.88 Å². The lowest BCUT2D eigenvalue weighted by Crippen LogP contribution is -2.42. The monoisotopic (exact) mass is 449 g/mol. The van der Waals surface area contributed by atoms with Gasteiger partial charge in [0, 0.05) is 18.7 Å². The molecule has 1 fully saturated rings. The zero-order valence-electron chi connectivity index (χ0n) is 15.5. The van der Waals surface area contributed by atoms with Gasteiger partial charge < -0.3 is 15.0 Å². The highest BCUT2D eigenvalue weighted by atomic mass is 35.5. The number of anilines is 1. The van der Waals surface area contributed by atoms with Gasteiger partial charge in [-0.2, -0.15) is 4.98 Å². The molecule has 0 radical (unpaired) electrons. The molecule has 2 heterocycles. The minimum Gasteiger partial charge on any atom is -0.474 e. The molecular formula is C19H23Cl3FN3O2. The second-order valence-electron chi connectivity index (χ2n) is 6.53. The van der Waals surface area contributed by atoms with Crippen molar-refractivity contribution in [1.29, 1.82) is 0 Å². The van der Waals surface area contributed by atoms with Gasteiger partial charge in [-0.1, -0.05) is 17.7 Å². The van der Waals surface area contributed by atoms with Crippen molar-refractivity contribution >= 4 is 48.1 Å². The van der Waals surface area contributed by atoms with Crippen molar-refractivity contribution in [1.82, 2.24) is 9.88 Å². The van der Waals surface area contributed by atoms with Gasteiger partial charge in [-0.25, -0.2) is 4.39 Å². The number of piperidine rings is 1. The lowest BCUT2D eigenvalue weighted by molar-refractivity contribution is 0.0760. The number of likely N-dealkylation sites (tertiary alicyclic amines) is 1. The minimum atomic E-state index is -0.493. The molecule has 2 atom stereocenters. The lowest BCUT2D eigenvalue weighted by atomic mass is 10.0. The van der Waals surface area contributed by atoms with Crippen LogP contribution in [0, 0.1) is 5.82 Å². The van der Waals surface area contributed by atoms with Crippen LogP contribution in [0.5, 0.6) is 5.88 Å². The van der Waals surface area contributed by atoms with Crippen molar-refractivity contribution in [3.05, 3.63) is 52.8 Å². The summed E-state index contributed by atoms with van der Waals surface area (Å²) in [4.78, 5) is 19.0. The number of nitrogens with zero attached hydrogens (tertiary/aromatic N) is 2. The number of carbonyl (C=O) groups excluding carboxylic acids is 1. The van der Waals surface area contributed by atoms with Gasteiger partial charge in [-0.05, 0) is 51.1 Å². The Morgan fingerprint density at radius 2 is 2.07 bits per heavy atom. The summed E-state index contributed by atoms with van der Waals surface area (Å²) in [6, 6.07) is 9.29. The molecule has 5 nitrogen and oxygen atoms in total. The zero-order valence-corrected chi connectivity index (χ0v) is 17.9. The van der Waals surface area contributed by atoms with E-state index in [1.807, 2.05) is 0 Å². The average Bonchev–Trinajstić information content (AvgIpc) is 2.58. The van der Waals surface area contributed by atoms with E-state index in [1.165, 1.54) is 12.1 Å². The Balaban J connectivity index is 0.00000196.